The predicted molar refractivity (Wildman–Crippen MR) is 102 cm³/mol. The first kappa shape index (κ1) is 16.0. The maximum absolute atomic E-state index is 5.68. The average molecular weight is 335 g/mol. The Hall–Kier alpha value is -2.49. The van der Waals surface area contributed by atoms with E-state index in [1.165, 1.54) is 16.6 Å². The van der Waals surface area contributed by atoms with Crippen LogP contribution in [-0.4, -0.2) is 23.1 Å². The minimum Gasteiger partial charge on any atom is -0.466 e. The molecular weight excluding hydrogens is 310 g/mol. The first-order chi connectivity index (χ1) is 12.2. The van der Waals surface area contributed by atoms with Gasteiger partial charge in [0.2, 0.25) is 0 Å². The van der Waals surface area contributed by atoms with Crippen molar-refractivity contribution in [1.82, 2.24) is 9.97 Å². The van der Waals surface area contributed by atoms with Crippen LogP contribution in [-0.2, 0) is 12.8 Å². The molecule has 3 aromatic rings. The third kappa shape index (κ3) is 3.21. The number of aromatic nitrogens is 2. The molecule has 0 aliphatic carbocycles. The molecule has 25 heavy (non-hydrogen) atoms. The highest BCUT2D eigenvalue weighted by atomic mass is 16.3. The molecule has 1 aliphatic heterocycles. The highest BCUT2D eigenvalue weighted by Gasteiger charge is 2.17. The Balaban J connectivity index is 1.47. The molecule has 0 amide bonds. The molecule has 1 aliphatic rings. The molecule has 4 heterocycles. The second-order valence-corrected chi connectivity index (χ2v) is 6.79. The van der Waals surface area contributed by atoms with E-state index in [4.69, 9.17) is 4.42 Å². The number of anilines is 1. The van der Waals surface area contributed by atoms with Gasteiger partial charge in [-0.15, -0.1) is 0 Å². The van der Waals surface area contributed by atoms with Gasteiger partial charge in [-0.25, -0.2) is 4.98 Å². The molecular formula is C21H25N3O. The maximum atomic E-state index is 5.68. The maximum Gasteiger partial charge on any atom is 0.139 e. The summed E-state index contributed by atoms with van der Waals surface area (Å²) in [5.74, 6) is 2.09. The van der Waals surface area contributed by atoms with Crippen molar-refractivity contribution < 1.29 is 4.42 Å². The van der Waals surface area contributed by atoms with Gasteiger partial charge in [-0.2, -0.15) is 0 Å². The van der Waals surface area contributed by atoms with Crippen LogP contribution in [0.5, 0.6) is 0 Å². The summed E-state index contributed by atoms with van der Waals surface area (Å²) in [7, 11) is 0. The van der Waals surface area contributed by atoms with E-state index in [1.807, 2.05) is 19.2 Å². The number of rotatable bonds is 5. The number of fused-ring (bicyclic) bond motifs is 1. The second kappa shape index (κ2) is 6.79. The highest BCUT2D eigenvalue weighted by molar-refractivity contribution is 5.93. The largest absolute Gasteiger partial charge is 0.466 e. The summed E-state index contributed by atoms with van der Waals surface area (Å²) in [5, 5.41) is 1.29. The van der Waals surface area contributed by atoms with Crippen molar-refractivity contribution >= 4 is 16.7 Å². The average Bonchev–Trinajstić information content (AvgIpc) is 3.26. The Morgan fingerprint density at radius 1 is 1.24 bits per heavy atom. The fourth-order valence-corrected chi connectivity index (χ4v) is 3.71. The van der Waals surface area contributed by atoms with Crippen molar-refractivity contribution in [3.63, 3.8) is 0 Å². The highest BCUT2D eigenvalue weighted by Crippen LogP contribution is 2.31. The van der Waals surface area contributed by atoms with Gasteiger partial charge in [0.25, 0.3) is 0 Å². The Morgan fingerprint density at radius 2 is 2.16 bits per heavy atom. The fraction of sp³-hybridized carbons (Fsp3) is 0.381. The first-order valence-electron chi connectivity index (χ1n) is 9.17. The van der Waals surface area contributed by atoms with E-state index in [0.717, 1.165) is 55.9 Å². The zero-order chi connectivity index (χ0) is 17.2. The van der Waals surface area contributed by atoms with Crippen molar-refractivity contribution in [1.29, 1.82) is 0 Å². The van der Waals surface area contributed by atoms with Crippen LogP contribution >= 0.6 is 0 Å². The van der Waals surface area contributed by atoms with E-state index < -0.39 is 0 Å². The summed E-state index contributed by atoms with van der Waals surface area (Å²) in [4.78, 5) is 10.3. The van der Waals surface area contributed by atoms with Gasteiger partial charge in [0, 0.05) is 37.3 Å². The van der Waals surface area contributed by atoms with Gasteiger partial charge in [-0.05, 0) is 49.9 Å². The fourth-order valence-electron chi connectivity index (χ4n) is 3.71. The molecule has 0 radical (unpaired) electrons. The summed E-state index contributed by atoms with van der Waals surface area (Å²) < 4.78 is 5.68. The van der Waals surface area contributed by atoms with E-state index in [2.05, 4.69) is 46.2 Å². The number of aryl methyl sites for hydroxylation is 3. The minimum atomic E-state index is 0.970. The van der Waals surface area contributed by atoms with Crippen LogP contribution in [0.15, 0.2) is 46.7 Å². The van der Waals surface area contributed by atoms with E-state index in [1.54, 1.807) is 5.57 Å². The molecule has 4 heteroatoms. The van der Waals surface area contributed by atoms with Gasteiger partial charge < -0.3 is 14.3 Å². The lowest BCUT2D eigenvalue weighted by Crippen LogP contribution is -2.28. The van der Waals surface area contributed by atoms with Crippen molar-refractivity contribution in [2.75, 3.05) is 18.0 Å². The molecule has 1 N–H and O–H groups in total. The molecule has 0 saturated heterocycles. The molecule has 0 aromatic carbocycles. The monoisotopic (exact) mass is 335 g/mol. The van der Waals surface area contributed by atoms with Gasteiger partial charge in [0.15, 0.2) is 0 Å². The van der Waals surface area contributed by atoms with Gasteiger partial charge >= 0.3 is 0 Å². The van der Waals surface area contributed by atoms with Crippen LogP contribution in [0.4, 0.5) is 5.69 Å². The van der Waals surface area contributed by atoms with Crippen molar-refractivity contribution in [2.45, 2.75) is 39.5 Å². The van der Waals surface area contributed by atoms with E-state index in [-0.39, 0.29) is 0 Å². The van der Waals surface area contributed by atoms with Crippen LogP contribution in [0.1, 0.15) is 36.8 Å². The molecule has 0 bridgehead atoms. The number of H-pyrrole nitrogens is 1. The van der Waals surface area contributed by atoms with E-state index in [9.17, 15) is 0 Å². The zero-order valence-corrected chi connectivity index (χ0v) is 15.0. The second-order valence-electron chi connectivity index (χ2n) is 6.79. The van der Waals surface area contributed by atoms with Gasteiger partial charge in [0.1, 0.15) is 17.2 Å². The van der Waals surface area contributed by atoms with Crippen LogP contribution < -0.4 is 4.90 Å². The number of furan rings is 1. The lowest BCUT2D eigenvalue weighted by molar-refractivity contribution is 0.481. The molecule has 130 valence electrons. The number of nitrogens with zero attached hydrogens (tertiary/aromatic N) is 2. The number of aromatic amines is 1. The van der Waals surface area contributed by atoms with Crippen LogP contribution in [0.2, 0.25) is 0 Å². The third-order valence-electron chi connectivity index (χ3n) is 5.15. The van der Waals surface area contributed by atoms with Gasteiger partial charge in [-0.3, -0.25) is 0 Å². The summed E-state index contributed by atoms with van der Waals surface area (Å²) >= 11 is 0. The number of hydrogen-bond donors (Lipinski definition) is 1. The van der Waals surface area contributed by atoms with Crippen LogP contribution in [0.3, 0.4) is 0 Å². The Kier molecular flexibility index (Phi) is 4.35. The van der Waals surface area contributed by atoms with E-state index >= 15 is 0 Å². The van der Waals surface area contributed by atoms with Gasteiger partial charge in [0.05, 0.1) is 5.69 Å². The topological polar surface area (TPSA) is 45.1 Å². The smallest absolute Gasteiger partial charge is 0.139 e. The Morgan fingerprint density at radius 3 is 2.88 bits per heavy atom. The molecule has 0 atom stereocenters. The quantitative estimate of drug-likeness (QED) is 0.681. The molecule has 0 saturated carbocycles. The summed E-state index contributed by atoms with van der Waals surface area (Å²) in [5.41, 5.74) is 5.19. The summed E-state index contributed by atoms with van der Waals surface area (Å²) in [6.07, 6.45) is 10.6. The predicted octanol–water partition coefficient (Wildman–Crippen LogP) is 4.80. The molecule has 4 rings (SSSR count). The van der Waals surface area contributed by atoms with Crippen molar-refractivity contribution in [3.8, 4) is 0 Å². The van der Waals surface area contributed by atoms with Crippen LogP contribution in [0, 0.1) is 6.92 Å². The van der Waals surface area contributed by atoms with E-state index in [0.29, 0.717) is 0 Å². The Bertz CT molecular complexity index is 903. The summed E-state index contributed by atoms with van der Waals surface area (Å²) in [6.45, 7) is 6.24. The van der Waals surface area contributed by atoms with Crippen LogP contribution in [0.25, 0.3) is 11.0 Å². The first-order valence-corrected chi connectivity index (χ1v) is 9.17. The lowest BCUT2D eigenvalue weighted by atomic mass is 10.0. The molecule has 0 unspecified atom stereocenters. The standard InChI is InChI=1S/C21H25N3O/c1-3-17-8-11-22-21-20(17)19(14-23-21)24-12-9-16(10-13-24)5-7-18-6-4-15(2)25-18/h4,6,8-9,11,14H,3,5,7,10,12-13H2,1-2H3,(H,22,23). The number of nitrogens with one attached hydrogen (secondary N) is 1. The van der Waals surface area contributed by atoms with Crippen molar-refractivity contribution in [2.24, 2.45) is 0 Å². The molecule has 0 fully saturated rings. The number of hydrogen-bond acceptors (Lipinski definition) is 3. The molecule has 3 aromatic heterocycles. The molecule has 0 spiro atoms. The Labute approximate surface area is 148 Å². The number of pyridine rings is 1. The minimum absolute atomic E-state index is 0.970. The van der Waals surface area contributed by atoms with Crippen molar-refractivity contribution in [3.05, 3.63) is 59.3 Å². The van der Waals surface area contributed by atoms with Gasteiger partial charge in [-0.1, -0.05) is 18.6 Å². The molecule has 4 nitrogen and oxygen atoms in total. The normalized spacial score (nSPS) is 15.0. The summed E-state index contributed by atoms with van der Waals surface area (Å²) in [6, 6.07) is 6.27. The zero-order valence-electron chi connectivity index (χ0n) is 15.0. The SMILES string of the molecule is CCc1ccnc2[nH]cc(N3CC=C(CCc4ccc(C)o4)CC3)c12. The third-order valence-corrected chi connectivity index (χ3v) is 5.15. The lowest BCUT2D eigenvalue weighted by Gasteiger charge is -2.28.